The van der Waals surface area contributed by atoms with Gasteiger partial charge in [0.2, 0.25) is 17.8 Å². The molecule has 2 aromatic rings. The Bertz CT molecular complexity index is 1040. The molecule has 0 spiro atoms. The van der Waals surface area contributed by atoms with Crippen molar-refractivity contribution in [2.45, 2.75) is 19.4 Å². The van der Waals surface area contributed by atoms with Crippen LogP contribution in [0.5, 0.6) is 5.75 Å². The zero-order valence-electron chi connectivity index (χ0n) is 16.8. The van der Waals surface area contributed by atoms with Gasteiger partial charge in [0.15, 0.2) is 0 Å². The number of hydrogen-bond donors (Lipinski definition) is 2. The third kappa shape index (κ3) is 4.82. The van der Waals surface area contributed by atoms with E-state index in [1.807, 2.05) is 23.1 Å². The quantitative estimate of drug-likeness (QED) is 0.629. The first-order valence-corrected chi connectivity index (χ1v) is 9.96. The second kappa shape index (κ2) is 8.86. The van der Waals surface area contributed by atoms with Gasteiger partial charge in [-0.3, -0.25) is 19.7 Å². The fourth-order valence-electron chi connectivity index (χ4n) is 3.54. The van der Waals surface area contributed by atoms with Crippen LogP contribution >= 0.6 is 0 Å². The minimum Gasteiger partial charge on any atom is -0.494 e. The first-order chi connectivity index (χ1) is 15.0. The minimum atomic E-state index is -1.07. The number of aliphatic carboxylic acids is 1. The number of carboxylic acids is 1. The average molecular weight is 422 g/mol. The topological polar surface area (TPSA) is 112 Å². The van der Waals surface area contributed by atoms with Crippen LogP contribution in [0.25, 0.3) is 0 Å². The van der Waals surface area contributed by atoms with Gasteiger partial charge in [0.05, 0.1) is 12.3 Å². The number of nitrogens with one attached hydrogen (secondary N) is 1. The van der Waals surface area contributed by atoms with Crippen LogP contribution in [0.1, 0.15) is 18.4 Å². The molecule has 2 aromatic carbocycles. The molecule has 2 heterocycles. The standard InChI is InChI=1S/C22H22N4O5/c27-19-13-25-12-15-11-17(8-9-18(15)23-22(25)24-19)31-10-4-7-20(28)26(14-21(29)30)16-5-2-1-3-6-16/h1-3,5-6,8-9,11H,4,7,10,12-14H2,(H,29,30)(H,23,24,27). The lowest BCUT2D eigenvalue weighted by atomic mass is 10.1. The Balaban J connectivity index is 1.31. The lowest BCUT2D eigenvalue weighted by molar-refractivity contribution is -0.136. The lowest BCUT2D eigenvalue weighted by Crippen LogP contribution is -2.35. The van der Waals surface area contributed by atoms with E-state index < -0.39 is 5.97 Å². The first kappa shape index (κ1) is 20.4. The summed E-state index contributed by atoms with van der Waals surface area (Å²) in [7, 11) is 0. The van der Waals surface area contributed by atoms with E-state index in [0.717, 1.165) is 11.3 Å². The highest BCUT2D eigenvalue weighted by Gasteiger charge is 2.29. The van der Waals surface area contributed by atoms with Crippen LogP contribution in [0.15, 0.2) is 53.5 Å². The van der Waals surface area contributed by atoms with Crippen LogP contribution in [0.4, 0.5) is 11.4 Å². The maximum atomic E-state index is 12.6. The summed E-state index contributed by atoms with van der Waals surface area (Å²) in [5, 5.41) is 11.9. The van der Waals surface area contributed by atoms with Gasteiger partial charge in [-0.2, -0.15) is 0 Å². The number of rotatable bonds is 8. The second-order valence-electron chi connectivity index (χ2n) is 7.29. The molecule has 1 fully saturated rings. The number of aliphatic imine (C=N–C) groups is 1. The van der Waals surface area contributed by atoms with Gasteiger partial charge in [-0.05, 0) is 36.8 Å². The largest absolute Gasteiger partial charge is 0.494 e. The van der Waals surface area contributed by atoms with Crippen molar-refractivity contribution in [2.75, 3.05) is 24.6 Å². The summed E-state index contributed by atoms with van der Waals surface area (Å²) in [6.45, 7) is 0.799. The molecule has 9 heteroatoms. The van der Waals surface area contributed by atoms with Crippen molar-refractivity contribution < 1.29 is 24.2 Å². The normalized spacial score (nSPS) is 14.3. The van der Waals surface area contributed by atoms with Crippen LogP contribution in [0.3, 0.4) is 0 Å². The Hall–Kier alpha value is -3.88. The van der Waals surface area contributed by atoms with Crippen LogP contribution < -0.4 is 15.0 Å². The van der Waals surface area contributed by atoms with E-state index in [1.54, 1.807) is 30.3 Å². The van der Waals surface area contributed by atoms with E-state index in [1.165, 1.54) is 4.90 Å². The monoisotopic (exact) mass is 422 g/mol. The van der Waals surface area contributed by atoms with E-state index in [0.29, 0.717) is 43.5 Å². The summed E-state index contributed by atoms with van der Waals surface area (Å²) in [6, 6.07) is 14.3. The summed E-state index contributed by atoms with van der Waals surface area (Å²) < 4.78 is 5.78. The maximum absolute atomic E-state index is 12.6. The predicted molar refractivity (Wildman–Crippen MR) is 113 cm³/mol. The van der Waals surface area contributed by atoms with Gasteiger partial charge >= 0.3 is 5.97 Å². The second-order valence-corrected chi connectivity index (χ2v) is 7.29. The van der Waals surface area contributed by atoms with Crippen molar-refractivity contribution >= 4 is 35.1 Å². The summed E-state index contributed by atoms with van der Waals surface area (Å²) >= 11 is 0. The van der Waals surface area contributed by atoms with Crippen molar-refractivity contribution in [2.24, 2.45) is 4.99 Å². The van der Waals surface area contributed by atoms with Crippen LogP contribution in [0.2, 0.25) is 0 Å². The number of hydrogen-bond acceptors (Lipinski definition) is 6. The van der Waals surface area contributed by atoms with Crippen molar-refractivity contribution in [3.63, 3.8) is 0 Å². The molecule has 31 heavy (non-hydrogen) atoms. The molecule has 0 aliphatic carbocycles. The number of carboxylic acid groups (broad SMARTS) is 1. The van der Waals surface area contributed by atoms with Gasteiger partial charge in [-0.15, -0.1) is 0 Å². The van der Waals surface area contributed by atoms with Crippen molar-refractivity contribution in [1.29, 1.82) is 0 Å². The number of guanidine groups is 1. The molecular weight excluding hydrogens is 400 g/mol. The summed E-state index contributed by atoms with van der Waals surface area (Å²) in [6.07, 6.45) is 0.619. The molecule has 2 amide bonds. The number of ether oxygens (including phenoxy) is 1. The maximum Gasteiger partial charge on any atom is 0.323 e. The molecule has 2 aliphatic rings. The van der Waals surface area contributed by atoms with Crippen LogP contribution in [0, 0.1) is 0 Å². The molecule has 160 valence electrons. The number of carbonyl (C=O) groups excluding carboxylic acids is 2. The molecule has 0 bridgehead atoms. The number of para-hydroxylation sites is 1. The fourth-order valence-corrected chi connectivity index (χ4v) is 3.54. The molecule has 0 aromatic heterocycles. The highest BCUT2D eigenvalue weighted by atomic mass is 16.5. The van der Waals surface area contributed by atoms with Crippen molar-refractivity contribution in [3.05, 3.63) is 54.1 Å². The molecule has 1 saturated heterocycles. The van der Waals surface area contributed by atoms with Crippen molar-refractivity contribution in [1.82, 2.24) is 10.2 Å². The van der Waals surface area contributed by atoms with E-state index in [4.69, 9.17) is 9.84 Å². The van der Waals surface area contributed by atoms with Gasteiger partial charge in [0, 0.05) is 24.2 Å². The zero-order chi connectivity index (χ0) is 21.8. The fraction of sp³-hybridized carbons (Fsp3) is 0.273. The van der Waals surface area contributed by atoms with E-state index in [9.17, 15) is 14.4 Å². The Kier molecular flexibility index (Phi) is 5.83. The Morgan fingerprint density at radius 3 is 2.74 bits per heavy atom. The van der Waals surface area contributed by atoms with Gasteiger partial charge in [-0.1, -0.05) is 18.2 Å². The third-order valence-corrected chi connectivity index (χ3v) is 4.99. The predicted octanol–water partition coefficient (Wildman–Crippen LogP) is 1.90. The average Bonchev–Trinajstić information content (AvgIpc) is 3.12. The molecule has 0 unspecified atom stereocenters. The molecule has 9 nitrogen and oxygen atoms in total. The molecule has 0 atom stereocenters. The number of fused-ring (bicyclic) bond motifs is 2. The third-order valence-electron chi connectivity index (χ3n) is 4.99. The number of benzene rings is 2. The smallest absolute Gasteiger partial charge is 0.323 e. The zero-order valence-corrected chi connectivity index (χ0v) is 16.8. The minimum absolute atomic E-state index is 0.0693. The Morgan fingerprint density at radius 1 is 1.16 bits per heavy atom. The number of anilines is 1. The van der Waals surface area contributed by atoms with E-state index >= 15 is 0 Å². The SMILES string of the molecule is O=C(O)CN(C(=O)CCCOc1ccc2c(c1)CN1CC(=O)NC1=N2)c1ccccc1. The number of carbonyl (C=O) groups is 3. The van der Waals surface area contributed by atoms with Gasteiger partial charge in [0.1, 0.15) is 18.8 Å². The number of amides is 2. The van der Waals surface area contributed by atoms with E-state index in [-0.39, 0.29) is 24.8 Å². The van der Waals surface area contributed by atoms with Gasteiger partial charge in [0.25, 0.3) is 0 Å². The highest BCUT2D eigenvalue weighted by molar-refractivity contribution is 6.05. The number of nitrogens with zero attached hydrogens (tertiary/aromatic N) is 3. The molecule has 2 aliphatic heterocycles. The molecular formula is C22H22N4O5. The molecule has 4 rings (SSSR count). The lowest BCUT2D eigenvalue weighted by Gasteiger charge is -2.23. The van der Waals surface area contributed by atoms with Gasteiger partial charge < -0.3 is 19.6 Å². The van der Waals surface area contributed by atoms with E-state index in [2.05, 4.69) is 10.3 Å². The Morgan fingerprint density at radius 2 is 1.97 bits per heavy atom. The molecule has 0 radical (unpaired) electrons. The summed E-state index contributed by atoms with van der Waals surface area (Å²) in [5.74, 6) is -0.165. The molecule has 2 N–H and O–H groups in total. The van der Waals surface area contributed by atoms with Crippen molar-refractivity contribution in [3.8, 4) is 5.75 Å². The summed E-state index contributed by atoms with van der Waals surface area (Å²) in [4.78, 5) is 42.8. The highest BCUT2D eigenvalue weighted by Crippen LogP contribution is 2.30. The van der Waals surface area contributed by atoms with Crippen LogP contribution in [-0.2, 0) is 20.9 Å². The first-order valence-electron chi connectivity index (χ1n) is 9.96. The van der Waals surface area contributed by atoms with Gasteiger partial charge in [-0.25, -0.2) is 4.99 Å². The Labute approximate surface area is 178 Å². The molecule has 0 saturated carbocycles. The van der Waals surface area contributed by atoms with Crippen LogP contribution in [-0.4, -0.2) is 53.4 Å². The summed E-state index contributed by atoms with van der Waals surface area (Å²) in [5.41, 5.74) is 2.31.